The average molecular weight is 414 g/mol. The van der Waals surface area contributed by atoms with Crippen LogP contribution in [0, 0.1) is 5.82 Å². The zero-order valence-corrected chi connectivity index (χ0v) is 16.5. The summed E-state index contributed by atoms with van der Waals surface area (Å²) in [5, 5.41) is 3.44. The molecule has 1 aliphatic heterocycles. The molecule has 0 amide bonds. The van der Waals surface area contributed by atoms with Gasteiger partial charge < -0.3 is 14.5 Å². The minimum absolute atomic E-state index is 0. The second kappa shape index (κ2) is 9.37. The van der Waals surface area contributed by atoms with E-state index in [-0.39, 0.29) is 36.7 Å². The van der Waals surface area contributed by atoms with Crippen molar-refractivity contribution in [3.8, 4) is 5.75 Å². The van der Waals surface area contributed by atoms with Gasteiger partial charge in [0.25, 0.3) is 0 Å². The number of oxazole rings is 1. The predicted molar refractivity (Wildman–Crippen MR) is 107 cm³/mol. The molecule has 1 atom stereocenters. The van der Waals surface area contributed by atoms with Gasteiger partial charge in [-0.1, -0.05) is 18.2 Å². The third-order valence-corrected chi connectivity index (χ3v) is 4.58. The molecule has 146 valence electrons. The fourth-order valence-electron chi connectivity index (χ4n) is 3.37. The van der Waals surface area contributed by atoms with Crippen LogP contribution in [0.25, 0.3) is 11.1 Å². The Labute approximate surface area is 169 Å². The van der Waals surface area contributed by atoms with E-state index >= 15 is 0 Å². The molecule has 1 N–H and O–H groups in total. The van der Waals surface area contributed by atoms with Gasteiger partial charge in [-0.15, -0.1) is 24.8 Å². The molecule has 1 saturated heterocycles. The number of methoxy groups -OCH3 is 1. The molecule has 3 aromatic rings. The van der Waals surface area contributed by atoms with Gasteiger partial charge in [0, 0.05) is 31.3 Å². The topological polar surface area (TPSA) is 50.5 Å². The molecule has 4 rings (SSSR count). The van der Waals surface area contributed by atoms with E-state index in [9.17, 15) is 4.39 Å². The van der Waals surface area contributed by atoms with Crippen LogP contribution >= 0.6 is 24.8 Å². The van der Waals surface area contributed by atoms with Crippen LogP contribution in [0.3, 0.4) is 0 Å². The molecule has 0 bridgehead atoms. The maximum atomic E-state index is 13.4. The third kappa shape index (κ3) is 4.52. The van der Waals surface area contributed by atoms with Crippen LogP contribution in [-0.2, 0) is 6.54 Å². The monoisotopic (exact) mass is 413 g/mol. The third-order valence-electron chi connectivity index (χ3n) is 4.58. The van der Waals surface area contributed by atoms with Crippen LogP contribution in [0.1, 0.15) is 17.5 Å². The molecule has 0 aliphatic carbocycles. The quantitative estimate of drug-likeness (QED) is 0.701. The molecule has 1 aromatic heterocycles. The summed E-state index contributed by atoms with van der Waals surface area (Å²) < 4.78 is 24.7. The van der Waals surface area contributed by atoms with Gasteiger partial charge >= 0.3 is 0 Å². The standard InChI is InChI=1S/C19H20FN3O2.2ClH/c1-24-17-5-3-2-4-14(17)16-11-21-8-9-23(16)12-19-22-15-10-13(20)6-7-18(15)25-19;;/h2-7,10,16,21H,8-9,11-12H2,1H3;2*1H. The molecule has 1 aliphatic rings. The normalized spacial score (nSPS) is 17.2. The smallest absolute Gasteiger partial charge is 0.209 e. The Morgan fingerprint density at radius 3 is 2.89 bits per heavy atom. The summed E-state index contributed by atoms with van der Waals surface area (Å²) in [5.74, 6) is 1.17. The molecule has 8 heteroatoms. The molecule has 27 heavy (non-hydrogen) atoms. The summed E-state index contributed by atoms with van der Waals surface area (Å²) in [6.45, 7) is 3.17. The first-order valence-electron chi connectivity index (χ1n) is 8.37. The Morgan fingerprint density at radius 1 is 1.26 bits per heavy atom. The fraction of sp³-hybridized carbons (Fsp3) is 0.316. The second-order valence-electron chi connectivity index (χ2n) is 6.15. The van der Waals surface area contributed by atoms with Gasteiger partial charge in [0.15, 0.2) is 5.58 Å². The van der Waals surface area contributed by atoms with Crippen molar-refractivity contribution >= 4 is 35.9 Å². The second-order valence-corrected chi connectivity index (χ2v) is 6.15. The number of nitrogens with zero attached hydrogens (tertiary/aromatic N) is 2. The molecule has 1 unspecified atom stereocenters. The van der Waals surface area contributed by atoms with Crippen LogP contribution in [-0.4, -0.2) is 36.6 Å². The maximum Gasteiger partial charge on any atom is 0.209 e. The number of rotatable bonds is 4. The SMILES string of the molecule is COc1ccccc1C1CNCCN1Cc1nc2cc(F)ccc2o1.Cl.Cl. The van der Waals surface area contributed by atoms with E-state index in [0.29, 0.717) is 23.5 Å². The highest BCUT2D eigenvalue weighted by atomic mass is 35.5. The predicted octanol–water partition coefficient (Wildman–Crippen LogP) is 3.97. The number of fused-ring (bicyclic) bond motifs is 1. The van der Waals surface area contributed by atoms with Gasteiger partial charge in [-0.3, -0.25) is 4.90 Å². The number of piperazine rings is 1. The van der Waals surface area contributed by atoms with Crippen molar-refractivity contribution in [2.24, 2.45) is 0 Å². The van der Waals surface area contributed by atoms with Crippen molar-refractivity contribution in [3.05, 3.63) is 59.7 Å². The number of para-hydroxylation sites is 1. The maximum absolute atomic E-state index is 13.4. The number of nitrogens with one attached hydrogen (secondary N) is 1. The average Bonchev–Trinajstić information content (AvgIpc) is 3.03. The Hall–Kier alpha value is -1.86. The van der Waals surface area contributed by atoms with E-state index in [1.54, 1.807) is 13.2 Å². The number of ether oxygens (including phenoxy) is 1. The summed E-state index contributed by atoms with van der Waals surface area (Å²) in [6.07, 6.45) is 0. The van der Waals surface area contributed by atoms with E-state index < -0.39 is 0 Å². The lowest BCUT2D eigenvalue weighted by Gasteiger charge is -2.36. The first-order valence-corrected chi connectivity index (χ1v) is 8.37. The van der Waals surface area contributed by atoms with Crippen molar-refractivity contribution in [2.45, 2.75) is 12.6 Å². The van der Waals surface area contributed by atoms with Crippen molar-refractivity contribution in [3.63, 3.8) is 0 Å². The fourth-order valence-corrected chi connectivity index (χ4v) is 3.37. The number of benzene rings is 2. The molecule has 0 radical (unpaired) electrons. The van der Waals surface area contributed by atoms with E-state index in [4.69, 9.17) is 9.15 Å². The van der Waals surface area contributed by atoms with Gasteiger partial charge in [0.1, 0.15) is 17.1 Å². The van der Waals surface area contributed by atoms with Gasteiger partial charge in [-0.25, -0.2) is 9.37 Å². The van der Waals surface area contributed by atoms with Crippen molar-refractivity contribution in [2.75, 3.05) is 26.7 Å². The van der Waals surface area contributed by atoms with E-state index in [1.165, 1.54) is 12.1 Å². The van der Waals surface area contributed by atoms with E-state index in [2.05, 4.69) is 21.3 Å². The highest BCUT2D eigenvalue weighted by molar-refractivity contribution is 5.85. The van der Waals surface area contributed by atoms with Gasteiger partial charge in [0.05, 0.1) is 19.7 Å². The number of hydrogen-bond acceptors (Lipinski definition) is 5. The zero-order chi connectivity index (χ0) is 17.2. The Morgan fingerprint density at radius 2 is 2.07 bits per heavy atom. The van der Waals surface area contributed by atoms with Gasteiger partial charge in [-0.05, 0) is 18.2 Å². The molecule has 1 fully saturated rings. The number of aromatic nitrogens is 1. The molecule has 2 heterocycles. The molecule has 0 saturated carbocycles. The minimum Gasteiger partial charge on any atom is -0.496 e. The summed E-state index contributed by atoms with van der Waals surface area (Å²) in [5.41, 5.74) is 2.30. The Balaban J connectivity index is 0.00000131. The number of halogens is 3. The lowest BCUT2D eigenvalue weighted by Crippen LogP contribution is -2.45. The zero-order valence-electron chi connectivity index (χ0n) is 14.9. The van der Waals surface area contributed by atoms with Crippen LogP contribution in [0.5, 0.6) is 5.75 Å². The first-order chi connectivity index (χ1) is 12.2. The van der Waals surface area contributed by atoms with Crippen molar-refractivity contribution in [1.82, 2.24) is 15.2 Å². The van der Waals surface area contributed by atoms with Crippen LogP contribution in [0.2, 0.25) is 0 Å². The Bertz CT molecular complexity index is 890. The first kappa shape index (κ1) is 21.4. The van der Waals surface area contributed by atoms with Gasteiger partial charge in [-0.2, -0.15) is 0 Å². The summed E-state index contributed by atoms with van der Waals surface area (Å²) >= 11 is 0. The highest BCUT2D eigenvalue weighted by Crippen LogP contribution is 2.31. The van der Waals surface area contributed by atoms with Crippen LogP contribution in [0.4, 0.5) is 4.39 Å². The summed E-state index contributed by atoms with van der Waals surface area (Å²) in [6, 6.07) is 12.6. The highest BCUT2D eigenvalue weighted by Gasteiger charge is 2.27. The van der Waals surface area contributed by atoms with Gasteiger partial charge in [0.2, 0.25) is 5.89 Å². The largest absolute Gasteiger partial charge is 0.496 e. The van der Waals surface area contributed by atoms with Crippen molar-refractivity contribution < 1.29 is 13.5 Å². The van der Waals surface area contributed by atoms with Crippen LogP contribution < -0.4 is 10.1 Å². The molecular formula is C19H22Cl2FN3O2. The summed E-state index contributed by atoms with van der Waals surface area (Å²) in [7, 11) is 1.69. The summed E-state index contributed by atoms with van der Waals surface area (Å²) in [4.78, 5) is 6.75. The lowest BCUT2D eigenvalue weighted by atomic mass is 10.0. The van der Waals surface area contributed by atoms with Crippen molar-refractivity contribution in [1.29, 1.82) is 0 Å². The minimum atomic E-state index is -0.304. The lowest BCUT2D eigenvalue weighted by molar-refractivity contribution is 0.139. The molecule has 0 spiro atoms. The van der Waals surface area contributed by atoms with Crippen LogP contribution in [0.15, 0.2) is 46.9 Å². The Kier molecular flexibility index (Phi) is 7.44. The molecule has 2 aromatic carbocycles. The molecular weight excluding hydrogens is 392 g/mol. The van der Waals surface area contributed by atoms with E-state index in [0.717, 1.165) is 30.9 Å². The number of hydrogen-bond donors (Lipinski definition) is 1. The molecule has 5 nitrogen and oxygen atoms in total. The van der Waals surface area contributed by atoms with E-state index in [1.807, 2.05) is 18.2 Å².